The van der Waals surface area contributed by atoms with Crippen molar-refractivity contribution in [3.63, 3.8) is 0 Å². The molecule has 0 saturated heterocycles. The Labute approximate surface area is 168 Å². The number of ketones is 1. The van der Waals surface area contributed by atoms with E-state index < -0.39 is 9.84 Å². The molecule has 3 aromatic rings. The van der Waals surface area contributed by atoms with Crippen LogP contribution in [-0.4, -0.2) is 31.1 Å². The lowest BCUT2D eigenvalue weighted by Gasteiger charge is -2.18. The second-order valence-electron chi connectivity index (χ2n) is 7.46. The highest BCUT2D eigenvalue weighted by Gasteiger charge is 2.25. The Morgan fingerprint density at radius 1 is 1.03 bits per heavy atom. The van der Waals surface area contributed by atoms with E-state index in [1.54, 1.807) is 37.5 Å². The van der Waals surface area contributed by atoms with Gasteiger partial charge in [0.15, 0.2) is 9.84 Å². The van der Waals surface area contributed by atoms with Crippen LogP contribution in [0.3, 0.4) is 0 Å². The first kappa shape index (κ1) is 19.4. The van der Waals surface area contributed by atoms with Crippen molar-refractivity contribution in [2.24, 2.45) is 7.05 Å². The lowest BCUT2D eigenvalue weighted by atomic mass is 9.99. The molecule has 29 heavy (non-hydrogen) atoms. The molecule has 1 unspecified atom stereocenters. The van der Waals surface area contributed by atoms with E-state index in [0.717, 1.165) is 6.26 Å². The van der Waals surface area contributed by atoms with Crippen molar-refractivity contribution in [3.8, 4) is 16.9 Å². The molecule has 6 nitrogen and oxygen atoms in total. The number of hydrogen-bond acceptors (Lipinski definition) is 5. The molecule has 0 aliphatic heterocycles. The van der Waals surface area contributed by atoms with Crippen molar-refractivity contribution in [1.29, 1.82) is 0 Å². The minimum Gasteiger partial charge on any atom is -0.489 e. The molecule has 7 heteroatoms. The SMILES string of the molecule is Cn1cc(-c2cc(S(C)(=O)=O)ccc2OC2CCC(=O)C2)c2ccccc2c1=O. The number of aryl methyl sites for hydroxylation is 1. The van der Waals surface area contributed by atoms with Crippen molar-refractivity contribution < 1.29 is 17.9 Å². The number of carbonyl (C=O) groups is 1. The van der Waals surface area contributed by atoms with Gasteiger partial charge in [-0.2, -0.15) is 0 Å². The van der Waals surface area contributed by atoms with E-state index in [4.69, 9.17) is 4.74 Å². The third-order valence-corrected chi connectivity index (χ3v) is 6.36. The van der Waals surface area contributed by atoms with Crippen molar-refractivity contribution >= 4 is 26.4 Å². The highest BCUT2D eigenvalue weighted by molar-refractivity contribution is 7.90. The van der Waals surface area contributed by atoms with E-state index in [1.165, 1.54) is 10.6 Å². The number of pyridine rings is 1. The van der Waals surface area contributed by atoms with Gasteiger partial charge in [-0.05, 0) is 36.1 Å². The maximum Gasteiger partial charge on any atom is 0.258 e. The number of sulfone groups is 1. The van der Waals surface area contributed by atoms with Crippen LogP contribution in [0.4, 0.5) is 0 Å². The summed E-state index contributed by atoms with van der Waals surface area (Å²) >= 11 is 0. The average Bonchev–Trinajstić information content (AvgIpc) is 3.09. The van der Waals surface area contributed by atoms with Gasteiger partial charge in [0.25, 0.3) is 5.56 Å². The van der Waals surface area contributed by atoms with Gasteiger partial charge in [0.05, 0.1) is 4.90 Å². The van der Waals surface area contributed by atoms with Gasteiger partial charge in [0.2, 0.25) is 0 Å². The minimum absolute atomic E-state index is 0.132. The number of Topliss-reactive ketones (excluding diaryl/α,β-unsaturated/α-hetero) is 1. The van der Waals surface area contributed by atoms with E-state index in [-0.39, 0.29) is 22.3 Å². The molecule has 0 radical (unpaired) electrons. The molecule has 1 fully saturated rings. The van der Waals surface area contributed by atoms with E-state index in [1.807, 2.05) is 12.1 Å². The first-order valence-corrected chi connectivity index (χ1v) is 11.2. The molecule has 0 bridgehead atoms. The number of aromatic nitrogens is 1. The Morgan fingerprint density at radius 2 is 1.76 bits per heavy atom. The first-order valence-electron chi connectivity index (χ1n) is 9.35. The summed E-state index contributed by atoms with van der Waals surface area (Å²) in [7, 11) is -1.77. The zero-order valence-electron chi connectivity index (χ0n) is 16.2. The normalized spacial score (nSPS) is 17.0. The van der Waals surface area contributed by atoms with Crippen LogP contribution < -0.4 is 10.3 Å². The fourth-order valence-corrected chi connectivity index (χ4v) is 4.39. The lowest BCUT2D eigenvalue weighted by Crippen LogP contribution is -2.17. The summed E-state index contributed by atoms with van der Waals surface area (Å²) in [6.07, 6.45) is 4.09. The van der Waals surface area contributed by atoms with E-state index in [9.17, 15) is 18.0 Å². The van der Waals surface area contributed by atoms with Gasteiger partial charge in [-0.1, -0.05) is 18.2 Å². The molecule has 1 aliphatic rings. The fraction of sp³-hybridized carbons (Fsp3) is 0.273. The maximum absolute atomic E-state index is 12.5. The molecular formula is C22H21NO5S. The third-order valence-electron chi connectivity index (χ3n) is 5.25. The number of carbonyl (C=O) groups excluding carboxylic acids is 1. The summed E-state index contributed by atoms with van der Waals surface area (Å²) in [5.74, 6) is 0.665. The Balaban J connectivity index is 1.96. The third kappa shape index (κ3) is 3.70. The number of rotatable bonds is 4. The monoisotopic (exact) mass is 411 g/mol. The van der Waals surface area contributed by atoms with Crippen molar-refractivity contribution in [1.82, 2.24) is 4.57 Å². The van der Waals surface area contributed by atoms with E-state index in [0.29, 0.717) is 46.9 Å². The highest BCUT2D eigenvalue weighted by Crippen LogP contribution is 2.37. The van der Waals surface area contributed by atoms with Gasteiger partial charge in [-0.3, -0.25) is 9.59 Å². The fourth-order valence-electron chi connectivity index (χ4n) is 3.74. The second-order valence-corrected chi connectivity index (χ2v) is 9.47. The molecule has 1 aromatic heterocycles. The Bertz CT molecular complexity index is 1290. The molecule has 0 spiro atoms. The summed E-state index contributed by atoms with van der Waals surface area (Å²) in [6.45, 7) is 0. The largest absolute Gasteiger partial charge is 0.489 e. The van der Waals surface area contributed by atoms with Gasteiger partial charge in [-0.25, -0.2) is 8.42 Å². The minimum atomic E-state index is -3.44. The molecular weight excluding hydrogens is 390 g/mol. The Hall–Kier alpha value is -2.93. The summed E-state index contributed by atoms with van der Waals surface area (Å²) in [4.78, 5) is 24.3. The number of nitrogens with zero attached hydrogens (tertiary/aromatic N) is 1. The van der Waals surface area contributed by atoms with Crippen LogP contribution >= 0.6 is 0 Å². The first-order chi connectivity index (χ1) is 13.7. The molecule has 150 valence electrons. The number of hydrogen-bond donors (Lipinski definition) is 0. The van der Waals surface area contributed by atoms with Crippen LogP contribution in [0.1, 0.15) is 19.3 Å². The van der Waals surface area contributed by atoms with Gasteiger partial charge in [0, 0.05) is 48.9 Å². The predicted molar refractivity (Wildman–Crippen MR) is 111 cm³/mol. The molecule has 1 heterocycles. The molecule has 2 aromatic carbocycles. The van der Waals surface area contributed by atoms with Crippen LogP contribution in [0.15, 0.2) is 58.4 Å². The molecule has 4 rings (SSSR count). The van der Waals surface area contributed by atoms with Crippen LogP contribution in [0.5, 0.6) is 5.75 Å². The molecule has 1 saturated carbocycles. The van der Waals surface area contributed by atoms with Crippen LogP contribution in [0, 0.1) is 0 Å². The summed E-state index contributed by atoms with van der Waals surface area (Å²) in [5.41, 5.74) is 1.15. The molecule has 0 N–H and O–H groups in total. The van der Waals surface area contributed by atoms with Gasteiger partial charge in [0.1, 0.15) is 17.6 Å². The number of fused-ring (bicyclic) bond motifs is 1. The second kappa shape index (κ2) is 7.15. The van der Waals surface area contributed by atoms with Crippen molar-refractivity contribution in [2.45, 2.75) is 30.3 Å². The predicted octanol–water partition coefficient (Wildman–Crippen LogP) is 3.11. The standard InChI is InChI=1S/C22H21NO5S/c1-23-13-20(17-5-3-4-6-18(17)22(23)25)19-12-16(29(2,26)27)9-10-21(19)28-15-8-7-14(24)11-15/h3-6,9-10,12-13,15H,7-8,11H2,1-2H3. The van der Waals surface area contributed by atoms with Crippen molar-refractivity contribution in [2.75, 3.05) is 6.26 Å². The van der Waals surface area contributed by atoms with Gasteiger partial charge >= 0.3 is 0 Å². The zero-order valence-corrected chi connectivity index (χ0v) is 17.0. The van der Waals surface area contributed by atoms with Crippen LogP contribution in [0.25, 0.3) is 21.9 Å². The molecule has 1 atom stereocenters. The quantitative estimate of drug-likeness (QED) is 0.659. The van der Waals surface area contributed by atoms with E-state index >= 15 is 0 Å². The summed E-state index contributed by atoms with van der Waals surface area (Å²) in [6, 6.07) is 11.9. The summed E-state index contributed by atoms with van der Waals surface area (Å²) < 4.78 is 31.9. The maximum atomic E-state index is 12.5. The van der Waals surface area contributed by atoms with E-state index in [2.05, 4.69) is 0 Å². The molecule has 0 amide bonds. The average molecular weight is 411 g/mol. The Kier molecular flexibility index (Phi) is 4.78. The van der Waals surface area contributed by atoms with Gasteiger partial charge in [-0.15, -0.1) is 0 Å². The van der Waals surface area contributed by atoms with Crippen molar-refractivity contribution in [3.05, 3.63) is 59.0 Å². The van der Waals surface area contributed by atoms with Gasteiger partial charge < -0.3 is 9.30 Å². The number of ether oxygens (including phenoxy) is 1. The Morgan fingerprint density at radius 3 is 2.41 bits per heavy atom. The smallest absolute Gasteiger partial charge is 0.258 e. The highest BCUT2D eigenvalue weighted by atomic mass is 32.2. The zero-order chi connectivity index (χ0) is 20.8. The number of benzene rings is 2. The van der Waals surface area contributed by atoms with Crippen LogP contribution in [-0.2, 0) is 21.7 Å². The molecule has 1 aliphatic carbocycles. The summed E-state index contributed by atoms with van der Waals surface area (Å²) in [5, 5.41) is 1.26. The topological polar surface area (TPSA) is 82.4 Å². The van der Waals surface area contributed by atoms with Crippen LogP contribution in [0.2, 0.25) is 0 Å². The lowest BCUT2D eigenvalue weighted by molar-refractivity contribution is -0.117.